The summed E-state index contributed by atoms with van der Waals surface area (Å²) in [4.78, 5) is 2.76. The van der Waals surface area contributed by atoms with Gasteiger partial charge in [0.25, 0.3) is 0 Å². The van der Waals surface area contributed by atoms with Crippen molar-refractivity contribution in [3.63, 3.8) is 0 Å². The molecule has 0 aliphatic heterocycles. The Kier molecular flexibility index (Phi) is 6.34. The molecule has 0 saturated heterocycles. The molecule has 1 aromatic carbocycles. The molecule has 0 amide bonds. The molecule has 3 N–H and O–H groups in total. The number of thiocarbonyl (C=S) groups is 1. The molecule has 0 aromatic heterocycles. The van der Waals surface area contributed by atoms with Crippen LogP contribution in [0.2, 0.25) is 0 Å². The van der Waals surface area contributed by atoms with E-state index in [1.807, 2.05) is 50.1 Å². The van der Waals surface area contributed by atoms with Crippen molar-refractivity contribution in [3.05, 3.63) is 34.2 Å². The van der Waals surface area contributed by atoms with Crippen molar-refractivity contribution in [1.29, 1.82) is 0 Å². The van der Waals surface area contributed by atoms with Gasteiger partial charge in [-0.3, -0.25) is 0 Å². The van der Waals surface area contributed by atoms with Crippen molar-refractivity contribution in [2.75, 3.05) is 25.9 Å². The van der Waals surface area contributed by atoms with Crippen molar-refractivity contribution < 1.29 is 5.11 Å². The Morgan fingerprint density at radius 1 is 1.53 bits per heavy atom. The van der Waals surface area contributed by atoms with Gasteiger partial charge >= 0.3 is 0 Å². The van der Waals surface area contributed by atoms with E-state index in [2.05, 4.69) is 0 Å². The summed E-state index contributed by atoms with van der Waals surface area (Å²) in [6.45, 7) is 4.85. The molecule has 0 heterocycles. The Morgan fingerprint density at radius 2 is 2.21 bits per heavy atom. The lowest BCUT2D eigenvalue weighted by molar-refractivity contribution is 0.340. The van der Waals surface area contributed by atoms with E-state index in [-0.39, 0.29) is 6.61 Å². The van der Waals surface area contributed by atoms with Crippen molar-refractivity contribution in [1.82, 2.24) is 4.90 Å². The van der Waals surface area contributed by atoms with Crippen LogP contribution in [0.5, 0.6) is 0 Å². The molecule has 0 atom stereocenters. The molecule has 0 radical (unpaired) electrons. The predicted molar refractivity (Wildman–Crippen MR) is 89.1 cm³/mol. The zero-order valence-electron chi connectivity index (χ0n) is 11.5. The van der Waals surface area contributed by atoms with Gasteiger partial charge in [0.05, 0.1) is 6.61 Å². The second-order valence-electron chi connectivity index (χ2n) is 4.28. The summed E-state index contributed by atoms with van der Waals surface area (Å²) in [5.41, 5.74) is 8.68. The van der Waals surface area contributed by atoms with Gasteiger partial charge in [-0.25, -0.2) is 0 Å². The summed E-state index contributed by atoms with van der Waals surface area (Å²) < 4.78 is 0.744. The van der Waals surface area contributed by atoms with E-state index in [4.69, 9.17) is 18.0 Å². The van der Waals surface area contributed by atoms with E-state index >= 15 is 0 Å². The molecule has 0 spiro atoms. The van der Waals surface area contributed by atoms with E-state index in [0.29, 0.717) is 5.69 Å². The van der Waals surface area contributed by atoms with E-state index in [0.717, 1.165) is 26.9 Å². The Bertz CT molecular complexity index is 486. The quantitative estimate of drug-likeness (QED) is 0.661. The third-order valence-electron chi connectivity index (χ3n) is 2.72. The molecule has 104 valence electrons. The van der Waals surface area contributed by atoms with Crippen molar-refractivity contribution in [3.8, 4) is 0 Å². The van der Waals surface area contributed by atoms with Gasteiger partial charge in [0, 0.05) is 24.2 Å². The number of hydrogen-bond acceptors (Lipinski definition) is 4. The molecular formula is C14H20N2OS2. The highest BCUT2D eigenvalue weighted by molar-refractivity contribution is 8.25. The maximum absolute atomic E-state index is 9.44. The molecule has 3 nitrogen and oxygen atoms in total. The van der Waals surface area contributed by atoms with Gasteiger partial charge in [-0.1, -0.05) is 35.6 Å². The van der Waals surface area contributed by atoms with E-state index in [1.165, 1.54) is 11.8 Å². The van der Waals surface area contributed by atoms with Crippen LogP contribution in [0.3, 0.4) is 0 Å². The lowest BCUT2D eigenvalue weighted by atomic mass is 10.1. The van der Waals surface area contributed by atoms with Crippen LogP contribution in [0, 0.1) is 6.92 Å². The molecule has 0 unspecified atom stereocenters. The molecule has 5 heteroatoms. The summed E-state index contributed by atoms with van der Waals surface area (Å²) in [7, 11) is 1.94. The minimum atomic E-state index is -0.0459. The van der Waals surface area contributed by atoms with Gasteiger partial charge in [-0.05, 0) is 37.6 Å². The van der Waals surface area contributed by atoms with Crippen molar-refractivity contribution in [2.24, 2.45) is 0 Å². The fourth-order valence-electron chi connectivity index (χ4n) is 1.42. The Morgan fingerprint density at radius 3 is 2.79 bits per heavy atom. The Hall–Kier alpha value is -1.04. The number of thioether (sulfide) groups is 1. The van der Waals surface area contributed by atoms with Crippen LogP contribution in [0.4, 0.5) is 5.69 Å². The van der Waals surface area contributed by atoms with E-state index in [1.54, 1.807) is 0 Å². The van der Waals surface area contributed by atoms with Crippen LogP contribution < -0.4 is 5.73 Å². The normalized spacial score (nSPS) is 11.5. The molecule has 0 fully saturated rings. The average Bonchev–Trinajstić information content (AvgIpc) is 2.40. The predicted octanol–water partition coefficient (Wildman–Crippen LogP) is 2.88. The molecule has 19 heavy (non-hydrogen) atoms. The third kappa shape index (κ3) is 4.86. The summed E-state index contributed by atoms with van der Waals surface area (Å²) in [5, 5.41) is 9.44. The number of nitrogen functional groups attached to an aromatic ring is 1. The topological polar surface area (TPSA) is 49.5 Å². The van der Waals surface area contributed by atoms with Crippen LogP contribution in [-0.2, 0) is 0 Å². The number of nitrogens with zero attached hydrogens (tertiary/aromatic N) is 1. The van der Waals surface area contributed by atoms with Gasteiger partial charge in [0.1, 0.15) is 4.32 Å². The van der Waals surface area contributed by atoms with E-state index in [9.17, 15) is 5.11 Å². The highest BCUT2D eigenvalue weighted by atomic mass is 32.2. The van der Waals surface area contributed by atoms with Crippen molar-refractivity contribution >= 4 is 40.1 Å². The number of aryl methyl sites for hydroxylation is 1. The lowest BCUT2D eigenvalue weighted by Crippen LogP contribution is -2.21. The molecule has 1 rings (SSSR count). The monoisotopic (exact) mass is 296 g/mol. The van der Waals surface area contributed by atoms with Crippen LogP contribution >= 0.6 is 24.0 Å². The number of rotatable bonds is 4. The highest BCUT2D eigenvalue weighted by Crippen LogP contribution is 2.24. The zero-order chi connectivity index (χ0) is 14.4. The fourth-order valence-corrected chi connectivity index (χ4v) is 2.63. The van der Waals surface area contributed by atoms with Crippen LogP contribution in [0.15, 0.2) is 23.1 Å². The average molecular weight is 296 g/mol. The standard InChI is InChI=1S/C14H20N2OS2/c1-4-16(3)14(18)19-12(9-17)8-11-7-10(2)5-6-13(11)15/h5-8,17H,4,9,15H2,1-3H3/b12-8-. The zero-order valence-corrected chi connectivity index (χ0v) is 13.1. The number of aliphatic hydroxyl groups excluding tert-OH is 1. The number of nitrogens with two attached hydrogens (primary N) is 1. The summed E-state index contributed by atoms with van der Waals surface area (Å²) in [6, 6.07) is 5.84. The first-order chi connectivity index (χ1) is 8.97. The molecular weight excluding hydrogens is 276 g/mol. The molecule has 0 bridgehead atoms. The molecule has 0 aliphatic carbocycles. The van der Waals surface area contributed by atoms with Gasteiger partial charge in [-0.15, -0.1) is 0 Å². The summed E-state index contributed by atoms with van der Waals surface area (Å²) in [6.07, 6.45) is 1.89. The van der Waals surface area contributed by atoms with Gasteiger partial charge in [0.15, 0.2) is 0 Å². The number of hydrogen-bond donors (Lipinski definition) is 2. The minimum Gasteiger partial charge on any atom is -0.398 e. The first-order valence-corrected chi connectivity index (χ1v) is 7.31. The second kappa shape index (κ2) is 7.53. The lowest BCUT2D eigenvalue weighted by Gasteiger charge is -2.17. The molecule has 0 aliphatic rings. The third-order valence-corrected chi connectivity index (χ3v) is 4.28. The van der Waals surface area contributed by atoms with Crippen molar-refractivity contribution in [2.45, 2.75) is 13.8 Å². The van der Waals surface area contributed by atoms with Crippen LogP contribution in [-0.4, -0.2) is 34.5 Å². The van der Waals surface area contributed by atoms with E-state index < -0.39 is 0 Å². The summed E-state index contributed by atoms with van der Waals surface area (Å²) >= 11 is 6.70. The van der Waals surface area contributed by atoms with Gasteiger partial charge in [0.2, 0.25) is 0 Å². The molecule has 1 aromatic rings. The Labute approximate surface area is 124 Å². The van der Waals surface area contributed by atoms with Gasteiger partial charge in [-0.2, -0.15) is 0 Å². The summed E-state index contributed by atoms with van der Waals surface area (Å²) in [5.74, 6) is 0. The minimum absolute atomic E-state index is 0.0459. The van der Waals surface area contributed by atoms with Gasteiger partial charge < -0.3 is 15.7 Å². The first-order valence-electron chi connectivity index (χ1n) is 6.08. The number of aliphatic hydroxyl groups is 1. The van der Waals surface area contributed by atoms with Crippen LogP contribution in [0.1, 0.15) is 18.1 Å². The molecule has 0 saturated carbocycles. The number of anilines is 1. The first kappa shape index (κ1) is 16.0. The smallest absolute Gasteiger partial charge is 0.140 e. The fraction of sp³-hybridized carbons (Fsp3) is 0.357. The highest BCUT2D eigenvalue weighted by Gasteiger charge is 2.07. The largest absolute Gasteiger partial charge is 0.398 e. The second-order valence-corrected chi connectivity index (χ2v) is 6.04. The van der Waals surface area contributed by atoms with Crippen LogP contribution in [0.25, 0.3) is 6.08 Å². The maximum Gasteiger partial charge on any atom is 0.140 e. The SMILES string of the molecule is CCN(C)C(=S)S/C(=C\c1cc(C)ccc1N)CO. The number of benzene rings is 1. The maximum atomic E-state index is 9.44. The Balaban J connectivity index is 2.93.